The Labute approximate surface area is 102 Å². The third-order valence-corrected chi connectivity index (χ3v) is 3.83. The number of benzene rings is 3. The van der Waals surface area contributed by atoms with Gasteiger partial charge in [0.1, 0.15) is 0 Å². The average Bonchev–Trinajstić information content (AvgIpc) is 2.36. The molecule has 3 rings (SSSR count). The fourth-order valence-corrected chi connectivity index (χ4v) is 2.82. The molecule has 0 aliphatic rings. The minimum Gasteiger partial charge on any atom is -0.0616 e. The van der Waals surface area contributed by atoms with Crippen LogP contribution in [0.4, 0.5) is 0 Å². The van der Waals surface area contributed by atoms with Gasteiger partial charge in [-0.05, 0) is 59.0 Å². The van der Waals surface area contributed by atoms with Crippen LogP contribution >= 0.6 is 0 Å². The van der Waals surface area contributed by atoms with Crippen LogP contribution in [0.2, 0.25) is 0 Å². The Kier molecular flexibility index (Phi) is 2.19. The van der Waals surface area contributed by atoms with Crippen molar-refractivity contribution in [3.05, 3.63) is 59.2 Å². The second kappa shape index (κ2) is 3.59. The lowest BCUT2D eigenvalue weighted by Crippen LogP contribution is -1.90. The van der Waals surface area contributed by atoms with Gasteiger partial charge in [-0.2, -0.15) is 0 Å². The van der Waals surface area contributed by atoms with Crippen molar-refractivity contribution >= 4 is 21.5 Å². The topological polar surface area (TPSA) is 0 Å². The number of fused-ring (bicyclic) bond motifs is 3. The summed E-state index contributed by atoms with van der Waals surface area (Å²) in [6.07, 6.45) is 0. The van der Waals surface area contributed by atoms with Gasteiger partial charge in [0.2, 0.25) is 0 Å². The van der Waals surface area contributed by atoms with Gasteiger partial charge in [-0.15, -0.1) is 0 Å². The van der Waals surface area contributed by atoms with Crippen LogP contribution in [-0.4, -0.2) is 0 Å². The van der Waals surface area contributed by atoms with E-state index in [1.807, 2.05) is 0 Å². The lowest BCUT2D eigenvalue weighted by atomic mass is 9.91. The molecule has 0 heteroatoms. The Morgan fingerprint density at radius 2 is 1.24 bits per heavy atom. The molecule has 0 nitrogen and oxygen atoms in total. The average molecular weight is 220 g/mol. The van der Waals surface area contributed by atoms with Crippen LogP contribution in [0.15, 0.2) is 42.5 Å². The Balaban J connectivity index is 2.70. The van der Waals surface area contributed by atoms with Gasteiger partial charge in [0, 0.05) is 0 Å². The first-order valence-corrected chi connectivity index (χ1v) is 6.07. The molecule has 3 aromatic carbocycles. The van der Waals surface area contributed by atoms with Gasteiger partial charge in [0.15, 0.2) is 0 Å². The fraction of sp³-hybridized carbons (Fsp3) is 0.176. The summed E-state index contributed by atoms with van der Waals surface area (Å²) in [5, 5.41) is 5.55. The van der Waals surface area contributed by atoms with Crippen LogP contribution in [0.1, 0.15) is 16.7 Å². The molecule has 0 radical (unpaired) electrons. The predicted octanol–water partition coefficient (Wildman–Crippen LogP) is 4.92. The third-order valence-electron chi connectivity index (χ3n) is 3.83. The van der Waals surface area contributed by atoms with Crippen LogP contribution in [0.25, 0.3) is 21.5 Å². The standard InChI is InChI=1S/C17H16/c1-11-7-6-10-16-15-9-5-4-8-14(15)12(2)13(3)17(11)16/h4-10H,1-3H3. The summed E-state index contributed by atoms with van der Waals surface area (Å²) >= 11 is 0. The molecule has 0 aliphatic carbocycles. The van der Waals surface area contributed by atoms with Crippen molar-refractivity contribution in [3.8, 4) is 0 Å². The largest absolute Gasteiger partial charge is 0.0616 e. The Morgan fingerprint density at radius 1 is 0.588 bits per heavy atom. The summed E-state index contributed by atoms with van der Waals surface area (Å²) in [4.78, 5) is 0. The Bertz CT molecular complexity index is 721. The van der Waals surface area contributed by atoms with Crippen molar-refractivity contribution in [2.45, 2.75) is 20.8 Å². The number of hydrogen-bond acceptors (Lipinski definition) is 0. The van der Waals surface area contributed by atoms with Crippen LogP contribution in [0.3, 0.4) is 0 Å². The molecular formula is C17H16. The maximum atomic E-state index is 2.23. The first-order valence-electron chi connectivity index (χ1n) is 6.07. The van der Waals surface area contributed by atoms with E-state index in [2.05, 4.69) is 63.2 Å². The van der Waals surface area contributed by atoms with Crippen molar-refractivity contribution in [3.63, 3.8) is 0 Å². The quantitative estimate of drug-likeness (QED) is 0.472. The molecule has 0 fully saturated rings. The molecule has 0 N–H and O–H groups in total. The molecule has 0 aliphatic heterocycles. The maximum absolute atomic E-state index is 2.23. The zero-order chi connectivity index (χ0) is 12.0. The predicted molar refractivity (Wildman–Crippen MR) is 75.7 cm³/mol. The number of rotatable bonds is 0. The Morgan fingerprint density at radius 3 is 2.00 bits per heavy atom. The van der Waals surface area contributed by atoms with Crippen molar-refractivity contribution < 1.29 is 0 Å². The van der Waals surface area contributed by atoms with E-state index in [4.69, 9.17) is 0 Å². The van der Waals surface area contributed by atoms with E-state index in [9.17, 15) is 0 Å². The van der Waals surface area contributed by atoms with E-state index in [1.54, 1.807) is 0 Å². The lowest BCUT2D eigenvalue weighted by Gasteiger charge is -2.13. The molecule has 0 bridgehead atoms. The van der Waals surface area contributed by atoms with Crippen molar-refractivity contribution in [2.24, 2.45) is 0 Å². The molecule has 0 spiro atoms. The summed E-state index contributed by atoms with van der Waals surface area (Å²) < 4.78 is 0. The highest BCUT2D eigenvalue weighted by Gasteiger charge is 2.09. The van der Waals surface area contributed by atoms with Gasteiger partial charge in [-0.3, -0.25) is 0 Å². The SMILES string of the molecule is Cc1c(C)c2c(C)cccc2c2ccccc12. The van der Waals surface area contributed by atoms with Crippen LogP contribution in [0.5, 0.6) is 0 Å². The summed E-state index contributed by atoms with van der Waals surface area (Å²) in [5.41, 5.74) is 4.19. The molecule has 84 valence electrons. The first-order chi connectivity index (χ1) is 8.20. The lowest BCUT2D eigenvalue weighted by molar-refractivity contribution is 1.39. The molecule has 17 heavy (non-hydrogen) atoms. The highest BCUT2D eigenvalue weighted by molar-refractivity contribution is 6.11. The van der Waals surface area contributed by atoms with Gasteiger partial charge in [0.25, 0.3) is 0 Å². The van der Waals surface area contributed by atoms with Gasteiger partial charge in [0.05, 0.1) is 0 Å². The molecule has 3 aromatic rings. The van der Waals surface area contributed by atoms with Crippen molar-refractivity contribution in [1.82, 2.24) is 0 Å². The second-order valence-corrected chi connectivity index (χ2v) is 4.79. The molecule has 0 heterocycles. The molecule has 0 amide bonds. The van der Waals surface area contributed by atoms with E-state index in [-0.39, 0.29) is 0 Å². The van der Waals surface area contributed by atoms with E-state index >= 15 is 0 Å². The number of hydrogen-bond donors (Lipinski definition) is 0. The van der Waals surface area contributed by atoms with Crippen LogP contribution in [-0.2, 0) is 0 Å². The van der Waals surface area contributed by atoms with Gasteiger partial charge >= 0.3 is 0 Å². The van der Waals surface area contributed by atoms with Crippen LogP contribution < -0.4 is 0 Å². The van der Waals surface area contributed by atoms with E-state index in [0.717, 1.165) is 0 Å². The van der Waals surface area contributed by atoms with E-state index < -0.39 is 0 Å². The molecule has 0 saturated heterocycles. The minimum absolute atomic E-state index is 1.37. The highest BCUT2D eigenvalue weighted by atomic mass is 14.1. The molecule has 0 unspecified atom stereocenters. The van der Waals surface area contributed by atoms with Gasteiger partial charge < -0.3 is 0 Å². The number of aryl methyl sites for hydroxylation is 3. The summed E-state index contributed by atoms with van der Waals surface area (Å²) in [5.74, 6) is 0. The highest BCUT2D eigenvalue weighted by Crippen LogP contribution is 2.33. The minimum atomic E-state index is 1.37. The summed E-state index contributed by atoms with van der Waals surface area (Å²) in [6, 6.07) is 15.3. The molecule has 0 aromatic heterocycles. The third kappa shape index (κ3) is 1.37. The first kappa shape index (κ1) is 10.3. The fourth-order valence-electron chi connectivity index (χ4n) is 2.82. The van der Waals surface area contributed by atoms with Gasteiger partial charge in [-0.25, -0.2) is 0 Å². The van der Waals surface area contributed by atoms with E-state index in [0.29, 0.717) is 0 Å². The maximum Gasteiger partial charge on any atom is -0.00999 e. The monoisotopic (exact) mass is 220 g/mol. The molecule has 0 atom stereocenters. The zero-order valence-corrected chi connectivity index (χ0v) is 10.5. The Hall–Kier alpha value is -1.82. The van der Waals surface area contributed by atoms with Crippen LogP contribution in [0, 0.1) is 20.8 Å². The normalized spacial score (nSPS) is 11.2. The van der Waals surface area contributed by atoms with E-state index in [1.165, 1.54) is 38.2 Å². The van der Waals surface area contributed by atoms with Crippen molar-refractivity contribution in [2.75, 3.05) is 0 Å². The smallest absolute Gasteiger partial charge is 0.00999 e. The zero-order valence-electron chi connectivity index (χ0n) is 10.5. The van der Waals surface area contributed by atoms with Gasteiger partial charge in [-0.1, -0.05) is 42.5 Å². The van der Waals surface area contributed by atoms with Crippen molar-refractivity contribution in [1.29, 1.82) is 0 Å². The molecular weight excluding hydrogens is 204 g/mol. The summed E-state index contributed by atoms with van der Waals surface area (Å²) in [7, 11) is 0. The summed E-state index contributed by atoms with van der Waals surface area (Å²) in [6.45, 7) is 6.66. The molecule has 0 saturated carbocycles. The second-order valence-electron chi connectivity index (χ2n) is 4.79.